The summed E-state index contributed by atoms with van der Waals surface area (Å²) < 4.78 is 4.89. The van der Waals surface area contributed by atoms with Gasteiger partial charge in [0.25, 0.3) is 5.91 Å². The lowest BCUT2D eigenvalue weighted by molar-refractivity contribution is -0.143. The second kappa shape index (κ2) is 9.87. The molecule has 2 aromatic carbocycles. The van der Waals surface area contributed by atoms with E-state index in [1.165, 1.54) is 6.08 Å². The zero-order valence-electron chi connectivity index (χ0n) is 13.4. The van der Waals surface area contributed by atoms with Gasteiger partial charge in [0.05, 0.1) is 0 Å². The van der Waals surface area contributed by atoms with Crippen molar-refractivity contribution in [2.45, 2.75) is 6.42 Å². The highest BCUT2D eigenvalue weighted by Gasteiger charge is 2.05. The molecule has 1 amide bonds. The third-order valence-corrected chi connectivity index (χ3v) is 3.90. The van der Waals surface area contributed by atoms with Crippen LogP contribution in [0.1, 0.15) is 11.1 Å². The van der Waals surface area contributed by atoms with E-state index in [2.05, 4.69) is 5.32 Å². The van der Waals surface area contributed by atoms with Crippen molar-refractivity contribution in [2.24, 2.45) is 0 Å². The van der Waals surface area contributed by atoms with Gasteiger partial charge < -0.3 is 10.1 Å². The van der Waals surface area contributed by atoms with Crippen LogP contribution in [0, 0.1) is 0 Å². The van der Waals surface area contributed by atoms with E-state index in [0.29, 0.717) is 28.6 Å². The molecular weight excluding hydrogens is 361 g/mol. The average molecular weight is 378 g/mol. The summed E-state index contributed by atoms with van der Waals surface area (Å²) in [5.74, 6) is -0.957. The van der Waals surface area contributed by atoms with Crippen molar-refractivity contribution < 1.29 is 14.3 Å². The molecule has 0 radical (unpaired) electrons. The Labute approximate surface area is 156 Å². The fourth-order valence-corrected chi connectivity index (χ4v) is 2.33. The summed E-state index contributed by atoms with van der Waals surface area (Å²) in [6.45, 7) is 0.125. The van der Waals surface area contributed by atoms with Crippen molar-refractivity contribution in [3.8, 4) is 0 Å². The Morgan fingerprint density at radius 2 is 1.76 bits per heavy atom. The summed E-state index contributed by atoms with van der Waals surface area (Å²) >= 11 is 11.8. The van der Waals surface area contributed by atoms with Gasteiger partial charge in [0.1, 0.15) is 0 Å². The molecule has 0 aliphatic rings. The molecule has 0 heterocycles. The fraction of sp³-hybridized carbons (Fsp3) is 0.158. The molecule has 0 fully saturated rings. The molecule has 0 unspecified atom stereocenters. The second-order valence-electron chi connectivity index (χ2n) is 5.19. The highest BCUT2D eigenvalue weighted by molar-refractivity contribution is 6.32. The molecule has 0 aliphatic carbocycles. The first kappa shape index (κ1) is 19.0. The Balaban J connectivity index is 1.68. The van der Waals surface area contributed by atoms with Gasteiger partial charge in [0.2, 0.25) is 0 Å². The molecule has 2 rings (SSSR count). The van der Waals surface area contributed by atoms with Gasteiger partial charge in [-0.05, 0) is 41.8 Å². The minimum atomic E-state index is -0.604. The third-order valence-electron chi connectivity index (χ3n) is 3.30. The number of hydrogen-bond acceptors (Lipinski definition) is 3. The lowest BCUT2D eigenvalue weighted by atomic mass is 10.1. The van der Waals surface area contributed by atoms with Crippen LogP contribution in [0.25, 0.3) is 6.08 Å². The summed E-state index contributed by atoms with van der Waals surface area (Å²) in [6.07, 6.45) is 3.45. The quantitative estimate of drug-likeness (QED) is 0.587. The number of carbonyl (C=O) groups excluding carboxylic acids is 2. The van der Waals surface area contributed by atoms with Gasteiger partial charge in [0, 0.05) is 22.7 Å². The molecule has 1 N–H and O–H groups in total. The highest BCUT2D eigenvalue weighted by Crippen LogP contribution is 2.16. The van der Waals surface area contributed by atoms with Gasteiger partial charge in [0.15, 0.2) is 6.61 Å². The van der Waals surface area contributed by atoms with Gasteiger partial charge in [-0.1, -0.05) is 53.5 Å². The second-order valence-corrected chi connectivity index (χ2v) is 6.03. The van der Waals surface area contributed by atoms with E-state index < -0.39 is 5.97 Å². The van der Waals surface area contributed by atoms with Crippen molar-refractivity contribution in [3.05, 3.63) is 75.8 Å². The maximum atomic E-state index is 11.7. The van der Waals surface area contributed by atoms with Crippen LogP contribution in [0.15, 0.2) is 54.6 Å². The Morgan fingerprint density at radius 3 is 2.48 bits per heavy atom. The molecule has 4 nitrogen and oxygen atoms in total. The number of nitrogens with one attached hydrogen (secondary N) is 1. The van der Waals surface area contributed by atoms with Crippen LogP contribution < -0.4 is 5.32 Å². The number of amides is 1. The standard InChI is InChI=1S/C19H17Cl2NO3/c20-16-8-5-14(6-9-16)11-12-22-18(23)13-25-19(24)10-7-15-3-1-2-4-17(15)21/h1-10H,11-13H2,(H,22,23)/b10-7+. The minimum absolute atomic E-state index is 0.327. The molecule has 0 spiro atoms. The molecule has 0 saturated carbocycles. The maximum absolute atomic E-state index is 11.7. The predicted octanol–water partition coefficient (Wildman–Crippen LogP) is 3.91. The van der Waals surface area contributed by atoms with Gasteiger partial charge in [-0.25, -0.2) is 4.79 Å². The third kappa shape index (κ3) is 6.99. The zero-order chi connectivity index (χ0) is 18.1. The number of ether oxygens (including phenoxy) is 1. The van der Waals surface area contributed by atoms with Crippen LogP contribution in [0.3, 0.4) is 0 Å². The van der Waals surface area contributed by atoms with E-state index in [9.17, 15) is 9.59 Å². The number of benzene rings is 2. The molecule has 0 aromatic heterocycles. The SMILES string of the molecule is O=C(COC(=O)/C=C/c1ccccc1Cl)NCCc1ccc(Cl)cc1. The van der Waals surface area contributed by atoms with Crippen molar-refractivity contribution in [1.29, 1.82) is 0 Å². The first-order chi connectivity index (χ1) is 12.0. The van der Waals surface area contributed by atoms with Crippen molar-refractivity contribution >= 4 is 41.2 Å². The summed E-state index contributed by atoms with van der Waals surface area (Å²) in [5, 5.41) is 3.89. The Bertz CT molecular complexity index is 758. The topological polar surface area (TPSA) is 55.4 Å². The fourth-order valence-electron chi connectivity index (χ4n) is 2.00. The number of rotatable bonds is 7. The molecular formula is C19H17Cl2NO3. The molecule has 25 heavy (non-hydrogen) atoms. The molecule has 130 valence electrons. The monoisotopic (exact) mass is 377 g/mol. The highest BCUT2D eigenvalue weighted by atomic mass is 35.5. The van der Waals surface area contributed by atoms with Crippen molar-refractivity contribution in [2.75, 3.05) is 13.2 Å². The molecule has 0 bridgehead atoms. The first-order valence-electron chi connectivity index (χ1n) is 7.65. The first-order valence-corrected chi connectivity index (χ1v) is 8.41. The Hall–Kier alpha value is -2.30. The van der Waals surface area contributed by atoms with Crippen LogP contribution >= 0.6 is 23.2 Å². The van der Waals surface area contributed by atoms with Crippen LogP contribution in [0.2, 0.25) is 10.0 Å². The molecule has 0 atom stereocenters. The van der Waals surface area contributed by atoms with E-state index in [-0.39, 0.29) is 12.5 Å². The van der Waals surface area contributed by atoms with Gasteiger partial charge in [-0.3, -0.25) is 4.79 Å². The minimum Gasteiger partial charge on any atom is -0.452 e. The smallest absolute Gasteiger partial charge is 0.331 e. The van der Waals surface area contributed by atoms with E-state index in [0.717, 1.165) is 5.56 Å². The summed E-state index contributed by atoms with van der Waals surface area (Å²) in [4.78, 5) is 23.3. The van der Waals surface area contributed by atoms with Crippen molar-refractivity contribution in [1.82, 2.24) is 5.32 Å². The predicted molar refractivity (Wildman–Crippen MR) is 99.6 cm³/mol. The number of carbonyl (C=O) groups is 2. The van der Waals surface area contributed by atoms with Gasteiger partial charge in [-0.15, -0.1) is 0 Å². The van der Waals surface area contributed by atoms with Gasteiger partial charge >= 0.3 is 5.97 Å². The van der Waals surface area contributed by atoms with E-state index in [1.54, 1.807) is 36.4 Å². The maximum Gasteiger partial charge on any atom is 0.331 e. The Morgan fingerprint density at radius 1 is 1.04 bits per heavy atom. The average Bonchev–Trinajstić information content (AvgIpc) is 2.61. The van der Waals surface area contributed by atoms with Gasteiger partial charge in [-0.2, -0.15) is 0 Å². The number of hydrogen-bond donors (Lipinski definition) is 1. The van der Waals surface area contributed by atoms with E-state index in [4.69, 9.17) is 27.9 Å². The van der Waals surface area contributed by atoms with Crippen LogP contribution in [-0.4, -0.2) is 25.0 Å². The number of halogens is 2. The number of esters is 1. The molecule has 2 aromatic rings. The molecule has 0 aliphatic heterocycles. The van der Waals surface area contributed by atoms with E-state index in [1.807, 2.05) is 18.2 Å². The lowest BCUT2D eigenvalue weighted by Gasteiger charge is -2.06. The summed E-state index contributed by atoms with van der Waals surface area (Å²) in [6, 6.07) is 14.5. The molecule has 0 saturated heterocycles. The summed E-state index contributed by atoms with van der Waals surface area (Å²) in [7, 11) is 0. The summed E-state index contributed by atoms with van der Waals surface area (Å²) in [5.41, 5.74) is 1.76. The molecule has 6 heteroatoms. The van der Waals surface area contributed by atoms with Crippen LogP contribution in [0.4, 0.5) is 0 Å². The van der Waals surface area contributed by atoms with Crippen LogP contribution in [0.5, 0.6) is 0 Å². The van der Waals surface area contributed by atoms with Crippen LogP contribution in [-0.2, 0) is 20.7 Å². The lowest BCUT2D eigenvalue weighted by Crippen LogP contribution is -2.30. The van der Waals surface area contributed by atoms with Crippen molar-refractivity contribution in [3.63, 3.8) is 0 Å². The normalized spacial score (nSPS) is 10.6. The largest absolute Gasteiger partial charge is 0.452 e. The van der Waals surface area contributed by atoms with E-state index >= 15 is 0 Å². The zero-order valence-corrected chi connectivity index (χ0v) is 14.9. The Kier molecular flexibility index (Phi) is 7.51.